The molecule has 0 saturated carbocycles. The van der Waals surface area contributed by atoms with Gasteiger partial charge < -0.3 is 19.1 Å². The van der Waals surface area contributed by atoms with Crippen LogP contribution in [0.3, 0.4) is 0 Å². The van der Waals surface area contributed by atoms with Crippen LogP contribution in [0.4, 0.5) is 22.7 Å². The van der Waals surface area contributed by atoms with E-state index < -0.39 is 0 Å². The normalized spacial score (nSPS) is 13.2. The van der Waals surface area contributed by atoms with Gasteiger partial charge >= 0.3 is 0 Å². The zero-order valence-corrected chi connectivity index (χ0v) is 48.8. The van der Waals surface area contributed by atoms with Crippen molar-refractivity contribution in [2.75, 3.05) is 16.5 Å². The highest BCUT2D eigenvalue weighted by Crippen LogP contribution is 2.53. The van der Waals surface area contributed by atoms with Crippen molar-refractivity contribution in [3.8, 4) is 73.0 Å². The molecular weight excluding hydrogens is 1040 g/mol. The van der Waals surface area contributed by atoms with Crippen molar-refractivity contribution in [1.29, 1.82) is 0 Å². The van der Waals surface area contributed by atoms with E-state index >= 15 is 0 Å². The van der Waals surface area contributed by atoms with E-state index in [2.05, 4.69) is 284 Å². The van der Waals surface area contributed by atoms with Gasteiger partial charge in [-0.15, -0.1) is 0 Å². The number of hydrogen-bond acceptors (Lipinski definition) is 5. The van der Waals surface area contributed by atoms with Gasteiger partial charge in [-0.3, -0.25) is 4.57 Å². The summed E-state index contributed by atoms with van der Waals surface area (Å²) in [5.41, 5.74) is 24.3. The zero-order valence-electron chi connectivity index (χ0n) is 48.8. The topological polar surface area (TPSA) is 51.4 Å². The molecule has 0 saturated heterocycles. The van der Waals surface area contributed by atoms with E-state index in [-0.39, 0.29) is 11.8 Å². The predicted octanol–water partition coefficient (Wildman–Crippen LogP) is 20.8. The number of imidazole rings is 1. The minimum absolute atomic E-state index is 0.284. The lowest BCUT2D eigenvalue weighted by Gasteiger charge is -2.28. The molecule has 2 aliphatic heterocycles. The monoisotopic (exact) mass is 1100 g/mol. The first-order valence-electron chi connectivity index (χ1n) is 30.1. The molecule has 0 unspecified atom stereocenters. The Morgan fingerprint density at radius 3 is 1.76 bits per heavy atom. The maximum Gasteiger partial charge on any atom is 0.137 e. The molecule has 0 bridgehead atoms. The van der Waals surface area contributed by atoms with Gasteiger partial charge in [0.1, 0.15) is 29.8 Å². The smallest absolute Gasteiger partial charge is 0.137 e. The number of aromatic nitrogens is 4. The standard InChI is InChI=1S/C78H66N6O/c1-50(2)62-28-19-29-63(51(3)4)77(62)58-42-59(82-49-83(74-47-72-69(46-73(74)82)80-75-33-17-18-40-81(72)75)78-64(55-23-11-7-12-24-55)30-20-31-65(78)56-25-13-8-14-26-56)44-61(43-58)85-60-38-39-67-66-27-15-16-32-70(66)84(71(67)45-60)76-41-52(5)68(48-79-76)57-36-34-54(35-37-57)53-21-9-6-10-22-53/h6-16,19-32,34-39,41-48,50-51H,17-18,33,40,49H2,1-5H3. The van der Waals surface area contributed by atoms with Gasteiger partial charge in [-0.1, -0.05) is 198 Å². The molecule has 0 radical (unpaired) electrons. The molecule has 7 nitrogen and oxygen atoms in total. The van der Waals surface area contributed by atoms with Gasteiger partial charge in [0.15, 0.2) is 0 Å². The van der Waals surface area contributed by atoms with E-state index in [4.69, 9.17) is 14.7 Å². The fourth-order valence-electron chi connectivity index (χ4n) is 13.5. The quantitative estimate of drug-likeness (QED) is 0.122. The number of aryl methyl sites for hydroxylation is 3. The highest BCUT2D eigenvalue weighted by molar-refractivity contribution is 6.10. The van der Waals surface area contributed by atoms with Crippen LogP contribution in [0, 0.1) is 6.92 Å². The Kier molecular flexibility index (Phi) is 13.0. The van der Waals surface area contributed by atoms with Gasteiger partial charge in [0, 0.05) is 64.4 Å². The molecule has 3 aromatic heterocycles. The van der Waals surface area contributed by atoms with Gasteiger partial charge in [-0.05, 0) is 136 Å². The van der Waals surface area contributed by atoms with Crippen LogP contribution >= 0.6 is 0 Å². The number of para-hydroxylation sites is 2. The molecule has 7 heteroatoms. The molecule has 15 rings (SSSR count). The first-order valence-corrected chi connectivity index (χ1v) is 30.1. The average molecular weight is 1100 g/mol. The molecule has 0 aliphatic carbocycles. The third kappa shape index (κ3) is 9.22. The van der Waals surface area contributed by atoms with Crippen molar-refractivity contribution >= 4 is 55.6 Å². The minimum Gasteiger partial charge on any atom is -0.457 e. The van der Waals surface area contributed by atoms with Gasteiger partial charge in [0.2, 0.25) is 0 Å². The Balaban J connectivity index is 0.892. The van der Waals surface area contributed by atoms with Crippen LogP contribution < -0.4 is 14.5 Å². The lowest BCUT2D eigenvalue weighted by Crippen LogP contribution is -2.25. The summed E-state index contributed by atoms with van der Waals surface area (Å²) >= 11 is 0. The number of benzene rings is 10. The lowest BCUT2D eigenvalue weighted by molar-refractivity contribution is 0.483. The van der Waals surface area contributed by atoms with Gasteiger partial charge in [-0.25, -0.2) is 9.97 Å². The highest BCUT2D eigenvalue weighted by Gasteiger charge is 2.34. The fraction of sp³-hybridized carbons (Fsp3) is 0.154. The van der Waals surface area contributed by atoms with Crippen LogP contribution in [0.5, 0.6) is 11.5 Å². The number of hydrogen-bond donors (Lipinski definition) is 0. The number of nitrogens with zero attached hydrogens (tertiary/aromatic N) is 6. The van der Waals surface area contributed by atoms with Crippen LogP contribution in [-0.2, 0) is 13.0 Å². The molecule has 414 valence electrons. The Bertz CT molecular complexity index is 4590. The Labute approximate surface area is 497 Å². The van der Waals surface area contributed by atoms with Crippen molar-refractivity contribution in [3.63, 3.8) is 0 Å². The number of anilines is 4. The summed E-state index contributed by atoms with van der Waals surface area (Å²) < 4.78 is 12.1. The van der Waals surface area contributed by atoms with E-state index in [0.717, 1.165) is 110 Å². The third-order valence-electron chi connectivity index (χ3n) is 17.7. The van der Waals surface area contributed by atoms with Crippen LogP contribution in [0.2, 0.25) is 0 Å². The summed E-state index contributed by atoms with van der Waals surface area (Å²) in [5, 5.41) is 2.30. The van der Waals surface area contributed by atoms with Gasteiger partial charge in [-0.2, -0.15) is 0 Å². The maximum absolute atomic E-state index is 7.37. The molecule has 85 heavy (non-hydrogen) atoms. The van der Waals surface area contributed by atoms with Crippen LogP contribution in [-0.4, -0.2) is 25.8 Å². The first kappa shape index (κ1) is 51.9. The number of fused-ring (bicyclic) bond motifs is 7. The summed E-state index contributed by atoms with van der Waals surface area (Å²) in [5.74, 6) is 4.10. The molecule has 0 spiro atoms. The Morgan fingerprint density at radius 1 is 0.459 bits per heavy atom. The van der Waals surface area contributed by atoms with Crippen molar-refractivity contribution in [1.82, 2.24) is 19.1 Å². The second-order valence-corrected chi connectivity index (χ2v) is 23.7. The molecule has 2 aliphatic rings. The predicted molar refractivity (Wildman–Crippen MR) is 353 cm³/mol. The largest absolute Gasteiger partial charge is 0.457 e. The van der Waals surface area contributed by atoms with E-state index in [1.807, 2.05) is 6.20 Å². The summed E-state index contributed by atoms with van der Waals surface area (Å²) in [6.07, 6.45) is 5.32. The Morgan fingerprint density at radius 2 is 1.07 bits per heavy atom. The average Bonchev–Trinajstić information content (AvgIpc) is 2.87. The SMILES string of the molecule is Cc1cc(-n2c3ccccc3c3ccc(Oc4cc(-c5c(C(C)C)cccc5C(C)C)cc(N5CN(c6c(-c7ccccc7)cccc6-c6ccccc6)c6cc7c(cc65)nc5n7CCCC5)c4)cc32)ncc1-c1ccc(-c2ccccc2)cc1. The number of pyridine rings is 1. The van der Waals surface area contributed by atoms with Crippen molar-refractivity contribution in [2.24, 2.45) is 0 Å². The van der Waals surface area contributed by atoms with E-state index in [0.29, 0.717) is 6.67 Å². The third-order valence-corrected chi connectivity index (χ3v) is 17.7. The molecular formula is C78H66N6O. The molecule has 0 fully saturated rings. The summed E-state index contributed by atoms with van der Waals surface area (Å²) in [4.78, 5) is 15.7. The molecule has 0 amide bonds. The zero-order chi connectivity index (χ0) is 57.3. The Hall–Kier alpha value is -9.98. The van der Waals surface area contributed by atoms with Crippen LogP contribution in [0.15, 0.2) is 237 Å². The van der Waals surface area contributed by atoms with Crippen LogP contribution in [0.25, 0.3) is 94.3 Å². The second-order valence-electron chi connectivity index (χ2n) is 23.7. The van der Waals surface area contributed by atoms with E-state index in [1.165, 1.54) is 67.1 Å². The molecule has 0 atom stereocenters. The molecule has 10 aromatic carbocycles. The fourth-order valence-corrected chi connectivity index (χ4v) is 13.5. The lowest BCUT2D eigenvalue weighted by atomic mass is 9.85. The number of ether oxygens (including phenoxy) is 1. The van der Waals surface area contributed by atoms with E-state index in [9.17, 15) is 0 Å². The second kappa shape index (κ2) is 21.3. The summed E-state index contributed by atoms with van der Waals surface area (Å²) in [6, 6.07) is 83.9. The van der Waals surface area contributed by atoms with Gasteiger partial charge in [0.25, 0.3) is 0 Å². The molecule has 5 heterocycles. The van der Waals surface area contributed by atoms with Crippen molar-refractivity contribution in [3.05, 3.63) is 259 Å². The summed E-state index contributed by atoms with van der Waals surface area (Å²) in [6.45, 7) is 13.0. The first-order chi connectivity index (χ1) is 41.7. The summed E-state index contributed by atoms with van der Waals surface area (Å²) in [7, 11) is 0. The van der Waals surface area contributed by atoms with Crippen molar-refractivity contribution in [2.45, 2.75) is 72.3 Å². The molecule has 13 aromatic rings. The highest BCUT2D eigenvalue weighted by atomic mass is 16.5. The molecule has 0 N–H and O–H groups in total. The number of rotatable bonds is 12. The van der Waals surface area contributed by atoms with E-state index in [1.54, 1.807) is 0 Å². The van der Waals surface area contributed by atoms with Crippen molar-refractivity contribution < 1.29 is 4.74 Å². The maximum atomic E-state index is 7.37. The van der Waals surface area contributed by atoms with Crippen LogP contribution in [0.1, 0.15) is 74.9 Å². The minimum atomic E-state index is 0.284. The van der Waals surface area contributed by atoms with Gasteiger partial charge in [0.05, 0.1) is 39.1 Å².